The summed E-state index contributed by atoms with van der Waals surface area (Å²) in [5, 5.41) is 20.4. The van der Waals surface area contributed by atoms with E-state index in [0.717, 1.165) is 5.69 Å². The van der Waals surface area contributed by atoms with E-state index >= 15 is 0 Å². The standard InChI is InChI=1S/C10H14N6O2/c1-15-7(2-4-12-15)3-5-16-8(6-11)9(10(17)18)13-14-16/h2,4H,3,5-6,11H2,1H3,(H,17,18). The molecule has 8 heteroatoms. The summed E-state index contributed by atoms with van der Waals surface area (Å²) in [4.78, 5) is 10.9. The second kappa shape index (κ2) is 4.96. The van der Waals surface area contributed by atoms with Crippen molar-refractivity contribution in [3.05, 3.63) is 29.3 Å². The number of hydrogen-bond acceptors (Lipinski definition) is 5. The second-order valence-corrected chi connectivity index (χ2v) is 3.81. The molecule has 0 radical (unpaired) electrons. The highest BCUT2D eigenvalue weighted by Crippen LogP contribution is 2.07. The first-order valence-electron chi connectivity index (χ1n) is 5.46. The van der Waals surface area contributed by atoms with Gasteiger partial charge in [-0.25, -0.2) is 9.48 Å². The number of aryl methyl sites for hydroxylation is 3. The van der Waals surface area contributed by atoms with Gasteiger partial charge in [-0.1, -0.05) is 5.21 Å². The van der Waals surface area contributed by atoms with E-state index in [1.54, 1.807) is 10.9 Å². The second-order valence-electron chi connectivity index (χ2n) is 3.81. The lowest BCUT2D eigenvalue weighted by molar-refractivity contribution is 0.0689. The molecular formula is C10H14N6O2. The van der Waals surface area contributed by atoms with Crippen LogP contribution in [0.4, 0.5) is 0 Å². The molecule has 18 heavy (non-hydrogen) atoms. The van der Waals surface area contributed by atoms with Crippen molar-refractivity contribution in [3.8, 4) is 0 Å². The van der Waals surface area contributed by atoms with Gasteiger partial charge < -0.3 is 10.8 Å². The number of nitrogens with two attached hydrogens (primary N) is 1. The molecule has 2 rings (SSSR count). The van der Waals surface area contributed by atoms with Crippen molar-refractivity contribution >= 4 is 5.97 Å². The molecule has 2 heterocycles. The van der Waals surface area contributed by atoms with Gasteiger partial charge in [0, 0.05) is 38.4 Å². The molecule has 2 aromatic heterocycles. The number of aromatic nitrogens is 5. The summed E-state index contributed by atoms with van der Waals surface area (Å²) in [5.74, 6) is -1.11. The van der Waals surface area contributed by atoms with Gasteiger partial charge in [0.25, 0.3) is 0 Å². The van der Waals surface area contributed by atoms with Crippen molar-refractivity contribution < 1.29 is 9.90 Å². The molecule has 0 aliphatic carbocycles. The molecule has 0 aliphatic rings. The highest BCUT2D eigenvalue weighted by atomic mass is 16.4. The molecule has 0 amide bonds. The minimum Gasteiger partial charge on any atom is -0.476 e. The molecule has 0 aliphatic heterocycles. The average Bonchev–Trinajstić information content (AvgIpc) is 2.92. The van der Waals surface area contributed by atoms with E-state index in [4.69, 9.17) is 10.8 Å². The Morgan fingerprint density at radius 1 is 1.56 bits per heavy atom. The van der Waals surface area contributed by atoms with Crippen LogP contribution >= 0.6 is 0 Å². The van der Waals surface area contributed by atoms with Crippen LogP contribution in [0.5, 0.6) is 0 Å². The van der Waals surface area contributed by atoms with Crippen molar-refractivity contribution in [1.82, 2.24) is 24.8 Å². The first-order chi connectivity index (χ1) is 8.63. The summed E-state index contributed by atoms with van der Waals surface area (Å²) < 4.78 is 3.29. The summed E-state index contributed by atoms with van der Waals surface area (Å²) in [6, 6.07) is 1.90. The van der Waals surface area contributed by atoms with Gasteiger partial charge in [-0.3, -0.25) is 4.68 Å². The van der Waals surface area contributed by atoms with Crippen molar-refractivity contribution in [2.75, 3.05) is 0 Å². The first-order valence-corrected chi connectivity index (χ1v) is 5.46. The third-order valence-corrected chi connectivity index (χ3v) is 2.74. The number of carbonyl (C=O) groups is 1. The molecule has 0 spiro atoms. The number of carboxylic acids is 1. The van der Waals surface area contributed by atoms with Crippen LogP contribution in [0.15, 0.2) is 12.3 Å². The van der Waals surface area contributed by atoms with E-state index in [2.05, 4.69) is 15.4 Å². The molecule has 96 valence electrons. The maximum Gasteiger partial charge on any atom is 0.358 e. The quantitative estimate of drug-likeness (QED) is 0.733. The Labute approximate surface area is 103 Å². The van der Waals surface area contributed by atoms with Gasteiger partial charge in [0.1, 0.15) is 0 Å². The third kappa shape index (κ3) is 2.23. The maximum absolute atomic E-state index is 10.9. The largest absolute Gasteiger partial charge is 0.476 e. The topological polar surface area (TPSA) is 112 Å². The molecule has 3 N–H and O–H groups in total. The van der Waals surface area contributed by atoms with Crippen molar-refractivity contribution in [2.24, 2.45) is 12.8 Å². The molecule has 0 saturated carbocycles. The average molecular weight is 250 g/mol. The van der Waals surface area contributed by atoms with E-state index in [9.17, 15) is 4.79 Å². The minimum atomic E-state index is -1.11. The molecule has 0 saturated heterocycles. The van der Waals surface area contributed by atoms with E-state index in [1.807, 2.05) is 13.1 Å². The van der Waals surface area contributed by atoms with Crippen LogP contribution in [0.2, 0.25) is 0 Å². The van der Waals surface area contributed by atoms with E-state index < -0.39 is 5.97 Å². The zero-order valence-electron chi connectivity index (χ0n) is 9.94. The number of rotatable bonds is 5. The fourth-order valence-electron chi connectivity index (χ4n) is 1.75. The van der Waals surface area contributed by atoms with E-state index in [1.165, 1.54) is 4.68 Å². The third-order valence-electron chi connectivity index (χ3n) is 2.74. The SMILES string of the molecule is Cn1nccc1CCn1nnc(C(=O)O)c1CN. The van der Waals surface area contributed by atoms with Crippen LogP contribution in [0.1, 0.15) is 21.9 Å². The highest BCUT2D eigenvalue weighted by molar-refractivity contribution is 5.86. The number of aromatic carboxylic acids is 1. The van der Waals surface area contributed by atoms with Crippen LogP contribution in [-0.2, 0) is 26.6 Å². The Balaban J connectivity index is 2.15. The van der Waals surface area contributed by atoms with Crippen LogP contribution in [0, 0.1) is 0 Å². The van der Waals surface area contributed by atoms with Gasteiger partial charge in [-0.2, -0.15) is 5.10 Å². The Hall–Kier alpha value is -2.22. The molecule has 0 fully saturated rings. The molecule has 0 atom stereocenters. The lowest BCUT2D eigenvalue weighted by Crippen LogP contribution is -2.14. The van der Waals surface area contributed by atoms with Gasteiger partial charge in [0.05, 0.1) is 5.69 Å². The Morgan fingerprint density at radius 2 is 2.33 bits per heavy atom. The number of hydrogen-bond donors (Lipinski definition) is 2. The maximum atomic E-state index is 10.9. The van der Waals surface area contributed by atoms with Crippen LogP contribution in [0.3, 0.4) is 0 Å². The Kier molecular flexibility index (Phi) is 3.38. The van der Waals surface area contributed by atoms with E-state index in [0.29, 0.717) is 18.7 Å². The monoisotopic (exact) mass is 250 g/mol. The van der Waals surface area contributed by atoms with Gasteiger partial charge in [-0.15, -0.1) is 5.10 Å². The molecule has 2 aromatic rings. The van der Waals surface area contributed by atoms with Crippen LogP contribution < -0.4 is 5.73 Å². The van der Waals surface area contributed by atoms with Crippen molar-refractivity contribution in [2.45, 2.75) is 19.5 Å². The summed E-state index contributed by atoms with van der Waals surface area (Å²) in [6.07, 6.45) is 2.40. The normalized spacial score (nSPS) is 10.8. The molecular weight excluding hydrogens is 236 g/mol. The summed E-state index contributed by atoms with van der Waals surface area (Å²) in [5.41, 5.74) is 6.92. The fourth-order valence-corrected chi connectivity index (χ4v) is 1.75. The Morgan fingerprint density at radius 3 is 2.89 bits per heavy atom. The van der Waals surface area contributed by atoms with Gasteiger partial charge in [0.2, 0.25) is 0 Å². The lowest BCUT2D eigenvalue weighted by Gasteiger charge is -2.05. The fraction of sp³-hybridized carbons (Fsp3) is 0.400. The summed E-state index contributed by atoms with van der Waals surface area (Å²) in [7, 11) is 1.85. The zero-order chi connectivity index (χ0) is 13.1. The minimum absolute atomic E-state index is 0.0810. The van der Waals surface area contributed by atoms with Crippen molar-refractivity contribution in [3.63, 3.8) is 0 Å². The summed E-state index contributed by atoms with van der Waals surface area (Å²) in [6.45, 7) is 0.617. The number of nitrogens with zero attached hydrogens (tertiary/aromatic N) is 5. The highest BCUT2D eigenvalue weighted by Gasteiger charge is 2.17. The zero-order valence-corrected chi connectivity index (χ0v) is 9.94. The van der Waals surface area contributed by atoms with Crippen LogP contribution in [0.25, 0.3) is 0 Å². The van der Waals surface area contributed by atoms with Gasteiger partial charge >= 0.3 is 5.97 Å². The molecule has 8 nitrogen and oxygen atoms in total. The lowest BCUT2D eigenvalue weighted by atomic mass is 10.3. The molecule has 0 unspecified atom stereocenters. The van der Waals surface area contributed by atoms with Crippen molar-refractivity contribution in [1.29, 1.82) is 0 Å². The predicted octanol–water partition coefficient (Wildman–Crippen LogP) is -0.589. The van der Waals surface area contributed by atoms with Gasteiger partial charge in [-0.05, 0) is 6.07 Å². The van der Waals surface area contributed by atoms with Gasteiger partial charge in [0.15, 0.2) is 5.69 Å². The van der Waals surface area contributed by atoms with Crippen LogP contribution in [-0.4, -0.2) is 35.9 Å². The molecule has 0 bridgehead atoms. The number of carboxylic acid groups (broad SMARTS) is 1. The predicted molar refractivity (Wildman–Crippen MR) is 61.8 cm³/mol. The molecule has 0 aromatic carbocycles. The Bertz CT molecular complexity index is 558. The summed E-state index contributed by atoms with van der Waals surface area (Å²) >= 11 is 0. The first kappa shape index (κ1) is 12.2. The van der Waals surface area contributed by atoms with E-state index in [-0.39, 0.29) is 12.2 Å². The smallest absolute Gasteiger partial charge is 0.358 e.